The number of rotatable bonds is 10. The predicted octanol–water partition coefficient (Wildman–Crippen LogP) is 3.26. The lowest BCUT2D eigenvalue weighted by Crippen LogP contribution is -2.24. The normalized spacial score (nSPS) is 10.8. The van der Waals surface area contributed by atoms with E-state index in [1.807, 2.05) is 42.3 Å². The Hall–Kier alpha value is -2.33. The molecule has 4 nitrogen and oxygen atoms in total. The van der Waals surface area contributed by atoms with E-state index in [-0.39, 0.29) is 6.42 Å². The molecule has 0 amide bonds. The van der Waals surface area contributed by atoms with Gasteiger partial charge in [-0.05, 0) is 36.7 Å². The predicted molar refractivity (Wildman–Crippen MR) is 95.5 cm³/mol. The monoisotopic (exact) mass is 327 g/mol. The van der Waals surface area contributed by atoms with E-state index in [1.54, 1.807) is 0 Å². The number of ether oxygens (including phenoxy) is 1. The van der Waals surface area contributed by atoms with Crippen molar-refractivity contribution in [3.8, 4) is 5.75 Å². The van der Waals surface area contributed by atoms with Crippen LogP contribution in [0.1, 0.15) is 17.5 Å². The fraction of sp³-hybridized carbons (Fsp3) is 0.350. The second-order valence-electron chi connectivity index (χ2n) is 5.93. The van der Waals surface area contributed by atoms with E-state index >= 15 is 0 Å². The summed E-state index contributed by atoms with van der Waals surface area (Å²) in [6.07, 6.45) is 1.99. The summed E-state index contributed by atoms with van der Waals surface area (Å²) in [5, 5.41) is 8.68. The average molecular weight is 327 g/mol. The van der Waals surface area contributed by atoms with Gasteiger partial charge in [-0.15, -0.1) is 0 Å². The number of carboxylic acid groups (broad SMARTS) is 1. The van der Waals surface area contributed by atoms with Gasteiger partial charge in [0.15, 0.2) is 0 Å². The molecule has 0 saturated heterocycles. The Labute approximate surface area is 143 Å². The van der Waals surface area contributed by atoms with E-state index < -0.39 is 5.97 Å². The molecular formula is C20H25NO3. The van der Waals surface area contributed by atoms with Crippen LogP contribution in [0.5, 0.6) is 5.75 Å². The number of likely N-dealkylation sites (N-methyl/N-ethyl adjacent to an activating group) is 1. The number of benzene rings is 2. The summed E-state index contributed by atoms with van der Waals surface area (Å²) in [7, 11) is 1.95. The van der Waals surface area contributed by atoms with Gasteiger partial charge in [-0.25, -0.2) is 0 Å². The first-order valence-electron chi connectivity index (χ1n) is 8.29. The van der Waals surface area contributed by atoms with Crippen LogP contribution >= 0.6 is 0 Å². The summed E-state index contributed by atoms with van der Waals surface area (Å²) in [6.45, 7) is 2.10. The quantitative estimate of drug-likeness (QED) is 0.728. The molecule has 0 aromatic heterocycles. The summed E-state index contributed by atoms with van der Waals surface area (Å²) < 4.78 is 5.78. The van der Waals surface area contributed by atoms with Crippen molar-refractivity contribution in [3.05, 3.63) is 65.7 Å². The number of carbonyl (C=O) groups is 1. The van der Waals surface area contributed by atoms with Crippen LogP contribution in [0.15, 0.2) is 54.6 Å². The summed E-state index contributed by atoms with van der Waals surface area (Å²) in [6, 6.07) is 18.4. The maximum atomic E-state index is 10.6. The zero-order valence-corrected chi connectivity index (χ0v) is 14.1. The molecule has 2 aromatic carbocycles. The second-order valence-corrected chi connectivity index (χ2v) is 5.93. The highest BCUT2D eigenvalue weighted by molar-refractivity contribution is 5.66. The number of hydrogen-bond acceptors (Lipinski definition) is 3. The van der Waals surface area contributed by atoms with Gasteiger partial charge in [0.2, 0.25) is 0 Å². The molecule has 0 atom stereocenters. The zero-order chi connectivity index (χ0) is 17.2. The van der Waals surface area contributed by atoms with Gasteiger partial charge < -0.3 is 14.7 Å². The fourth-order valence-electron chi connectivity index (χ4n) is 2.40. The molecule has 0 saturated carbocycles. The number of aliphatic carboxylic acids is 1. The summed E-state index contributed by atoms with van der Waals surface area (Å²) in [4.78, 5) is 12.6. The lowest BCUT2D eigenvalue weighted by Gasteiger charge is -2.15. The largest absolute Gasteiger partial charge is 0.493 e. The molecule has 24 heavy (non-hydrogen) atoms. The van der Waals surface area contributed by atoms with Gasteiger partial charge in [0.25, 0.3) is 0 Å². The van der Waals surface area contributed by atoms with Crippen molar-refractivity contribution in [3.63, 3.8) is 0 Å². The van der Waals surface area contributed by atoms with Crippen LogP contribution in [0.25, 0.3) is 0 Å². The van der Waals surface area contributed by atoms with Crippen LogP contribution in [0, 0.1) is 0 Å². The molecule has 0 fully saturated rings. The van der Waals surface area contributed by atoms with Crippen molar-refractivity contribution in [2.45, 2.75) is 19.3 Å². The van der Waals surface area contributed by atoms with E-state index in [0.717, 1.165) is 25.1 Å². The van der Waals surface area contributed by atoms with E-state index in [0.29, 0.717) is 13.2 Å². The van der Waals surface area contributed by atoms with Crippen molar-refractivity contribution in [1.82, 2.24) is 4.90 Å². The molecule has 128 valence electrons. The minimum atomic E-state index is -0.751. The molecule has 0 radical (unpaired) electrons. The number of nitrogens with zero attached hydrogens (tertiary/aromatic N) is 1. The molecule has 2 rings (SSSR count). The van der Waals surface area contributed by atoms with Gasteiger partial charge in [-0.3, -0.25) is 4.79 Å². The molecule has 0 heterocycles. The Morgan fingerprint density at radius 2 is 1.62 bits per heavy atom. The van der Waals surface area contributed by atoms with E-state index in [1.165, 1.54) is 11.1 Å². The molecule has 2 aromatic rings. The SMILES string of the molecule is CN(CCC(=O)O)CCc1ccc(OCCc2ccccc2)cc1. The van der Waals surface area contributed by atoms with Gasteiger partial charge in [0, 0.05) is 19.5 Å². The topological polar surface area (TPSA) is 49.8 Å². The molecule has 0 aliphatic rings. The minimum absolute atomic E-state index is 0.185. The highest BCUT2D eigenvalue weighted by Crippen LogP contribution is 2.13. The first kappa shape index (κ1) is 18.0. The third kappa shape index (κ3) is 6.84. The summed E-state index contributed by atoms with van der Waals surface area (Å²) in [5.41, 5.74) is 2.51. The van der Waals surface area contributed by atoms with Crippen molar-refractivity contribution in [2.24, 2.45) is 0 Å². The highest BCUT2D eigenvalue weighted by Gasteiger charge is 2.03. The van der Waals surface area contributed by atoms with Crippen molar-refractivity contribution in [2.75, 3.05) is 26.7 Å². The Morgan fingerprint density at radius 3 is 2.29 bits per heavy atom. The molecular weight excluding hydrogens is 302 g/mol. The third-order valence-electron chi connectivity index (χ3n) is 3.92. The van der Waals surface area contributed by atoms with Crippen LogP contribution in [-0.2, 0) is 17.6 Å². The van der Waals surface area contributed by atoms with Crippen LogP contribution in [0.4, 0.5) is 0 Å². The zero-order valence-electron chi connectivity index (χ0n) is 14.1. The maximum absolute atomic E-state index is 10.6. The van der Waals surface area contributed by atoms with Gasteiger partial charge in [-0.2, -0.15) is 0 Å². The maximum Gasteiger partial charge on any atom is 0.304 e. The van der Waals surface area contributed by atoms with Crippen molar-refractivity contribution >= 4 is 5.97 Å². The Balaban J connectivity index is 1.69. The molecule has 0 aliphatic carbocycles. The molecule has 1 N–H and O–H groups in total. The Bertz CT molecular complexity index is 611. The molecule has 4 heteroatoms. The lowest BCUT2D eigenvalue weighted by molar-refractivity contribution is -0.137. The standard InChI is InChI=1S/C20H25NO3/c1-21(15-12-20(22)23)14-11-18-7-9-19(10-8-18)24-16-13-17-5-3-2-4-6-17/h2-10H,11-16H2,1H3,(H,22,23). The van der Waals surface area contributed by atoms with Crippen LogP contribution in [-0.4, -0.2) is 42.7 Å². The smallest absolute Gasteiger partial charge is 0.304 e. The third-order valence-corrected chi connectivity index (χ3v) is 3.92. The molecule has 0 unspecified atom stereocenters. The molecule has 0 spiro atoms. The first-order valence-corrected chi connectivity index (χ1v) is 8.29. The average Bonchev–Trinajstić information content (AvgIpc) is 2.60. The Morgan fingerprint density at radius 1 is 0.958 bits per heavy atom. The molecule has 0 bridgehead atoms. The lowest BCUT2D eigenvalue weighted by atomic mass is 10.1. The summed E-state index contributed by atoms with van der Waals surface area (Å²) in [5.74, 6) is 0.132. The first-order chi connectivity index (χ1) is 11.6. The van der Waals surface area contributed by atoms with Crippen LogP contribution < -0.4 is 4.74 Å². The number of hydrogen-bond donors (Lipinski definition) is 1. The van der Waals surface area contributed by atoms with E-state index in [2.05, 4.69) is 24.3 Å². The van der Waals surface area contributed by atoms with Gasteiger partial charge >= 0.3 is 5.97 Å². The Kier molecular flexibility index (Phi) is 7.30. The molecule has 0 aliphatic heterocycles. The second kappa shape index (κ2) is 9.73. The number of carboxylic acids is 1. The van der Waals surface area contributed by atoms with Gasteiger partial charge in [-0.1, -0.05) is 42.5 Å². The van der Waals surface area contributed by atoms with E-state index in [4.69, 9.17) is 9.84 Å². The highest BCUT2D eigenvalue weighted by atomic mass is 16.5. The van der Waals surface area contributed by atoms with Gasteiger partial charge in [0.05, 0.1) is 13.0 Å². The van der Waals surface area contributed by atoms with Crippen molar-refractivity contribution < 1.29 is 14.6 Å². The van der Waals surface area contributed by atoms with Gasteiger partial charge in [0.1, 0.15) is 5.75 Å². The van der Waals surface area contributed by atoms with Crippen molar-refractivity contribution in [1.29, 1.82) is 0 Å². The minimum Gasteiger partial charge on any atom is -0.493 e. The van der Waals surface area contributed by atoms with Crippen LogP contribution in [0.2, 0.25) is 0 Å². The van der Waals surface area contributed by atoms with Crippen LogP contribution in [0.3, 0.4) is 0 Å². The fourth-order valence-corrected chi connectivity index (χ4v) is 2.40. The summed E-state index contributed by atoms with van der Waals surface area (Å²) >= 11 is 0. The van der Waals surface area contributed by atoms with E-state index in [9.17, 15) is 4.79 Å².